The van der Waals surface area contributed by atoms with Gasteiger partial charge in [-0.15, -0.1) is 0 Å². The third kappa shape index (κ3) is 2.24. The van der Waals surface area contributed by atoms with Crippen LogP contribution >= 0.6 is 15.9 Å². The summed E-state index contributed by atoms with van der Waals surface area (Å²) in [5.41, 5.74) is 5.84. The highest BCUT2D eigenvalue weighted by molar-refractivity contribution is 9.09. The summed E-state index contributed by atoms with van der Waals surface area (Å²) in [5, 5.41) is 2.73. The van der Waals surface area contributed by atoms with Crippen LogP contribution in [0.15, 0.2) is 0 Å². The minimum Gasteiger partial charge on any atom is -0.340 e. The lowest BCUT2D eigenvalue weighted by atomic mass is 10.4. The Bertz CT molecular complexity index is 141. The van der Waals surface area contributed by atoms with Gasteiger partial charge in [-0.1, -0.05) is 15.9 Å². The summed E-state index contributed by atoms with van der Waals surface area (Å²) in [6, 6.07) is 0. The third-order valence-electron chi connectivity index (χ3n) is 1.23. The van der Waals surface area contributed by atoms with E-state index in [9.17, 15) is 4.79 Å². The van der Waals surface area contributed by atoms with Crippen molar-refractivity contribution < 1.29 is 4.79 Å². The molecular weight excluding hydrogens is 198 g/mol. The third-order valence-corrected chi connectivity index (χ3v) is 1.84. The molecule has 2 unspecified atom stereocenters. The summed E-state index contributed by atoms with van der Waals surface area (Å²) in [6.45, 7) is 1.50. The Kier molecular flexibility index (Phi) is 2.64. The molecule has 0 aromatic heterocycles. The first-order chi connectivity index (χ1) is 4.68. The van der Waals surface area contributed by atoms with Crippen molar-refractivity contribution >= 4 is 21.8 Å². The maximum atomic E-state index is 10.5. The van der Waals surface area contributed by atoms with E-state index in [1.165, 1.54) is 6.92 Å². The highest BCUT2D eigenvalue weighted by Crippen LogP contribution is 2.07. The zero-order valence-corrected chi connectivity index (χ0v) is 7.23. The van der Waals surface area contributed by atoms with Crippen molar-refractivity contribution in [1.82, 2.24) is 16.2 Å². The zero-order valence-electron chi connectivity index (χ0n) is 5.65. The molecule has 4 nitrogen and oxygen atoms in total. The first kappa shape index (κ1) is 7.97. The van der Waals surface area contributed by atoms with E-state index in [0.29, 0.717) is 0 Å². The number of carbonyl (C=O) groups excluding carboxylic acids is 1. The average Bonchev–Trinajstić information content (AvgIpc) is 2.13. The summed E-state index contributed by atoms with van der Waals surface area (Å²) in [4.78, 5) is 10.8. The van der Waals surface area contributed by atoms with Crippen molar-refractivity contribution in [2.45, 2.75) is 24.5 Å². The van der Waals surface area contributed by atoms with E-state index in [2.05, 4.69) is 32.1 Å². The molecule has 10 heavy (non-hydrogen) atoms. The standard InChI is InChI=1S/C5H10BrN3O/c1-3(10)7-5-2-4(6)8-9-5/h4-5,8-9H,2H2,1H3,(H,7,10). The van der Waals surface area contributed by atoms with Gasteiger partial charge in [0.25, 0.3) is 0 Å². The Morgan fingerprint density at radius 1 is 1.70 bits per heavy atom. The number of hydrazine groups is 1. The lowest BCUT2D eigenvalue weighted by molar-refractivity contribution is -0.119. The van der Waals surface area contributed by atoms with Gasteiger partial charge in [0.15, 0.2) is 0 Å². The Hall–Kier alpha value is -0.130. The summed E-state index contributed by atoms with van der Waals surface area (Å²) in [7, 11) is 0. The molecule has 1 saturated heterocycles. The second kappa shape index (κ2) is 3.32. The molecule has 0 bridgehead atoms. The monoisotopic (exact) mass is 207 g/mol. The molecule has 3 N–H and O–H groups in total. The van der Waals surface area contributed by atoms with E-state index in [1.54, 1.807) is 0 Å². The maximum absolute atomic E-state index is 10.5. The number of hydrogen-bond donors (Lipinski definition) is 3. The van der Waals surface area contributed by atoms with Gasteiger partial charge >= 0.3 is 0 Å². The van der Waals surface area contributed by atoms with Gasteiger partial charge < -0.3 is 5.32 Å². The molecule has 1 heterocycles. The van der Waals surface area contributed by atoms with Crippen LogP contribution in [0.2, 0.25) is 0 Å². The number of hydrogen-bond acceptors (Lipinski definition) is 3. The van der Waals surface area contributed by atoms with Gasteiger partial charge in [0.2, 0.25) is 5.91 Å². The van der Waals surface area contributed by atoms with Crippen molar-refractivity contribution in [1.29, 1.82) is 0 Å². The largest absolute Gasteiger partial charge is 0.340 e. The van der Waals surface area contributed by atoms with Gasteiger partial charge in [0.1, 0.15) is 0 Å². The van der Waals surface area contributed by atoms with Gasteiger partial charge in [-0.3, -0.25) is 4.79 Å². The summed E-state index contributed by atoms with van der Waals surface area (Å²) in [6.07, 6.45) is 0.918. The molecule has 1 rings (SSSR count). The molecule has 0 aliphatic carbocycles. The van der Waals surface area contributed by atoms with Crippen molar-refractivity contribution in [3.05, 3.63) is 0 Å². The number of nitrogens with one attached hydrogen (secondary N) is 3. The van der Waals surface area contributed by atoms with Gasteiger partial charge in [-0.05, 0) is 0 Å². The summed E-state index contributed by atoms with van der Waals surface area (Å²) < 4.78 is 0. The number of rotatable bonds is 1. The molecule has 0 aromatic carbocycles. The van der Waals surface area contributed by atoms with Crippen LogP contribution in [0.3, 0.4) is 0 Å². The molecule has 0 aromatic rings. The van der Waals surface area contributed by atoms with Crippen molar-refractivity contribution in [2.75, 3.05) is 0 Å². The van der Waals surface area contributed by atoms with Gasteiger partial charge in [0, 0.05) is 13.3 Å². The highest BCUT2D eigenvalue weighted by atomic mass is 79.9. The van der Waals surface area contributed by atoms with Crippen LogP contribution in [0.5, 0.6) is 0 Å². The second-order valence-corrected chi connectivity index (χ2v) is 3.35. The van der Waals surface area contributed by atoms with E-state index in [1.807, 2.05) is 0 Å². The van der Waals surface area contributed by atoms with E-state index in [0.717, 1.165) is 6.42 Å². The first-order valence-electron chi connectivity index (χ1n) is 3.10. The van der Waals surface area contributed by atoms with Gasteiger partial charge in [-0.2, -0.15) is 0 Å². The summed E-state index contributed by atoms with van der Waals surface area (Å²) >= 11 is 3.34. The quantitative estimate of drug-likeness (QED) is 0.408. The molecule has 1 aliphatic rings. The predicted molar refractivity (Wildman–Crippen MR) is 41.2 cm³/mol. The van der Waals surface area contributed by atoms with Crippen LogP contribution < -0.4 is 16.2 Å². The molecule has 1 amide bonds. The van der Waals surface area contributed by atoms with Crippen molar-refractivity contribution in [2.24, 2.45) is 0 Å². The highest BCUT2D eigenvalue weighted by Gasteiger charge is 2.20. The van der Waals surface area contributed by atoms with Crippen molar-refractivity contribution in [3.63, 3.8) is 0 Å². The minimum atomic E-state index is -0.0131. The Morgan fingerprint density at radius 2 is 2.40 bits per heavy atom. The molecule has 2 atom stereocenters. The second-order valence-electron chi connectivity index (χ2n) is 2.25. The Labute approximate surface area is 67.8 Å². The zero-order chi connectivity index (χ0) is 7.56. The van der Waals surface area contributed by atoms with Crippen LogP contribution in [0.4, 0.5) is 0 Å². The fourth-order valence-corrected chi connectivity index (χ4v) is 1.36. The SMILES string of the molecule is CC(=O)NC1CC(Br)NN1. The molecule has 58 valence electrons. The Balaban J connectivity index is 2.24. The van der Waals surface area contributed by atoms with E-state index >= 15 is 0 Å². The molecular formula is C5H10BrN3O. The minimum absolute atomic E-state index is 0.0131. The molecule has 5 heteroatoms. The van der Waals surface area contributed by atoms with E-state index in [-0.39, 0.29) is 17.0 Å². The number of halogens is 1. The lowest BCUT2D eigenvalue weighted by Crippen LogP contribution is -2.43. The predicted octanol–water partition coefficient (Wildman–Crippen LogP) is -0.333. The maximum Gasteiger partial charge on any atom is 0.218 e. The van der Waals surface area contributed by atoms with Gasteiger partial charge in [-0.25, -0.2) is 10.9 Å². The average molecular weight is 208 g/mol. The molecule has 0 saturated carbocycles. The molecule has 1 fully saturated rings. The summed E-state index contributed by atoms with van der Waals surface area (Å²) in [5.74, 6) is -0.0131. The number of amides is 1. The lowest BCUT2D eigenvalue weighted by Gasteiger charge is -2.08. The fourth-order valence-electron chi connectivity index (χ4n) is 0.856. The number of carbonyl (C=O) groups is 1. The smallest absolute Gasteiger partial charge is 0.218 e. The molecule has 1 aliphatic heterocycles. The van der Waals surface area contributed by atoms with Crippen LogP contribution in [0.25, 0.3) is 0 Å². The van der Waals surface area contributed by atoms with Crippen LogP contribution in [0, 0.1) is 0 Å². The van der Waals surface area contributed by atoms with Gasteiger partial charge in [0.05, 0.1) is 11.1 Å². The molecule has 0 radical (unpaired) electrons. The van der Waals surface area contributed by atoms with Crippen LogP contribution in [-0.2, 0) is 4.79 Å². The molecule has 0 spiro atoms. The number of alkyl halides is 1. The topological polar surface area (TPSA) is 53.2 Å². The Morgan fingerprint density at radius 3 is 2.80 bits per heavy atom. The van der Waals surface area contributed by atoms with Crippen molar-refractivity contribution in [3.8, 4) is 0 Å². The van der Waals surface area contributed by atoms with Crippen LogP contribution in [0.1, 0.15) is 13.3 Å². The first-order valence-corrected chi connectivity index (χ1v) is 4.02. The van der Waals surface area contributed by atoms with E-state index in [4.69, 9.17) is 0 Å². The fraction of sp³-hybridized carbons (Fsp3) is 0.800. The van der Waals surface area contributed by atoms with Crippen LogP contribution in [-0.4, -0.2) is 17.0 Å². The normalized spacial score (nSPS) is 32.2. The van der Waals surface area contributed by atoms with E-state index < -0.39 is 0 Å².